The fourth-order valence-corrected chi connectivity index (χ4v) is 1.96. The maximum Gasteiger partial charge on any atom is 0.220 e. The Labute approximate surface area is 156 Å². The van der Waals surface area contributed by atoms with Gasteiger partial charge in [0.15, 0.2) is 0 Å². The van der Waals surface area contributed by atoms with Gasteiger partial charge >= 0.3 is 0 Å². The topological polar surface area (TPSA) is 63.0 Å². The van der Waals surface area contributed by atoms with Crippen molar-refractivity contribution in [1.29, 1.82) is 0 Å². The lowest BCUT2D eigenvalue weighted by atomic mass is 10.1. The molecule has 5 nitrogen and oxygen atoms in total. The van der Waals surface area contributed by atoms with Crippen molar-refractivity contribution in [2.45, 2.75) is 52.1 Å². The number of thioether (sulfide) groups is 1. The first kappa shape index (κ1) is 23.4. The lowest BCUT2D eigenvalue weighted by molar-refractivity contribution is -0.122. The van der Waals surface area contributed by atoms with Crippen molar-refractivity contribution >= 4 is 30.6 Å². The van der Waals surface area contributed by atoms with Crippen molar-refractivity contribution in [3.8, 4) is 11.8 Å². The van der Waals surface area contributed by atoms with Gasteiger partial charge in [0.05, 0.1) is 17.1 Å². The molecular formula is C19H31N3O2S. The predicted molar refractivity (Wildman–Crippen MR) is 109 cm³/mol. The zero-order valence-electron chi connectivity index (χ0n) is 15.9. The molecule has 0 bridgehead atoms. The highest BCUT2D eigenvalue weighted by atomic mass is 32.2. The summed E-state index contributed by atoms with van der Waals surface area (Å²) in [6.45, 7) is 10.7. The minimum absolute atomic E-state index is 0.0278. The first-order valence-corrected chi connectivity index (χ1v) is 9.89. The van der Waals surface area contributed by atoms with E-state index in [9.17, 15) is 4.79 Å². The van der Waals surface area contributed by atoms with Crippen LogP contribution in [0, 0.1) is 11.8 Å². The Hall–Kier alpha value is -1.58. The van der Waals surface area contributed by atoms with Crippen molar-refractivity contribution in [3.63, 3.8) is 0 Å². The van der Waals surface area contributed by atoms with Crippen LogP contribution in [0.4, 0.5) is 0 Å². The van der Waals surface area contributed by atoms with E-state index in [1.54, 1.807) is 24.2 Å². The van der Waals surface area contributed by atoms with Crippen molar-refractivity contribution in [2.24, 2.45) is 9.98 Å². The van der Waals surface area contributed by atoms with Crippen LogP contribution in [0.3, 0.4) is 0 Å². The average Bonchev–Trinajstić information content (AvgIpc) is 2.58. The summed E-state index contributed by atoms with van der Waals surface area (Å²) in [7, 11) is 0. The van der Waals surface area contributed by atoms with Crippen LogP contribution < -0.4 is 5.32 Å². The van der Waals surface area contributed by atoms with E-state index in [0.29, 0.717) is 38.3 Å². The van der Waals surface area contributed by atoms with Gasteiger partial charge in [-0.1, -0.05) is 18.8 Å². The zero-order chi connectivity index (χ0) is 19.0. The summed E-state index contributed by atoms with van der Waals surface area (Å²) in [5.74, 6) is 6.76. The highest BCUT2D eigenvalue weighted by molar-refractivity contribution is 7.98. The maximum absolute atomic E-state index is 11.9. The zero-order valence-corrected chi connectivity index (χ0v) is 16.7. The second-order valence-corrected chi connectivity index (χ2v) is 6.87. The van der Waals surface area contributed by atoms with E-state index < -0.39 is 0 Å². The van der Waals surface area contributed by atoms with Crippen LogP contribution in [0.15, 0.2) is 21.8 Å². The van der Waals surface area contributed by atoms with Gasteiger partial charge < -0.3 is 10.1 Å². The molecule has 0 aliphatic heterocycles. The first-order chi connectivity index (χ1) is 11.9. The van der Waals surface area contributed by atoms with Gasteiger partial charge in [0.2, 0.25) is 5.91 Å². The molecule has 0 aliphatic carbocycles. The van der Waals surface area contributed by atoms with Crippen LogP contribution in [-0.4, -0.2) is 49.7 Å². The van der Waals surface area contributed by atoms with E-state index >= 15 is 0 Å². The molecule has 0 radical (unpaired) electrons. The molecule has 0 rings (SSSR count). The minimum atomic E-state index is -0.334. The third kappa shape index (κ3) is 14.5. The number of nitrogens with zero attached hydrogens (tertiary/aromatic N) is 2. The maximum atomic E-state index is 11.9. The number of ether oxygens (including phenoxy) is 1. The van der Waals surface area contributed by atoms with Gasteiger partial charge in [-0.25, -0.2) is 0 Å². The van der Waals surface area contributed by atoms with Crippen LogP contribution in [0.25, 0.3) is 0 Å². The van der Waals surface area contributed by atoms with Crippen molar-refractivity contribution in [2.75, 3.05) is 25.3 Å². The number of carbonyl (C=O) groups is 1. The third-order valence-corrected chi connectivity index (χ3v) is 3.42. The highest BCUT2D eigenvalue weighted by Gasteiger charge is 2.18. The number of hydrogen-bond donors (Lipinski definition) is 1. The van der Waals surface area contributed by atoms with Crippen LogP contribution in [-0.2, 0) is 9.53 Å². The van der Waals surface area contributed by atoms with E-state index in [1.807, 2.05) is 20.1 Å². The van der Waals surface area contributed by atoms with Gasteiger partial charge in [-0.15, -0.1) is 11.8 Å². The molecule has 1 N–H and O–H groups in total. The third-order valence-electron chi connectivity index (χ3n) is 3.01. The molecule has 0 saturated carbocycles. The Bertz CT molecular complexity index is 516. The number of hydrogen-bond acceptors (Lipinski definition) is 5. The normalized spacial score (nSPS) is 11.9. The summed E-state index contributed by atoms with van der Waals surface area (Å²) in [5.41, 5.74) is 0.391. The van der Waals surface area contributed by atoms with E-state index in [2.05, 4.69) is 40.8 Å². The Kier molecular flexibility index (Phi) is 13.8. The van der Waals surface area contributed by atoms with Gasteiger partial charge in [-0.3, -0.25) is 14.8 Å². The standard InChI is InChI=1S/C19H31N3O2S/c1-6-12-24-19(2,3)15-22-18(23)11-9-7-8-10-17(13-20-4)14-21-16-25-5/h13-14H,4,6-7,9,11-12,15-16H2,1-3,5H3,(H,22,23)/b17-13-,21-14?. The van der Waals surface area contributed by atoms with Crippen molar-refractivity contribution in [1.82, 2.24) is 5.32 Å². The Morgan fingerprint density at radius 1 is 1.44 bits per heavy atom. The van der Waals surface area contributed by atoms with E-state index in [0.717, 1.165) is 12.0 Å². The van der Waals surface area contributed by atoms with Gasteiger partial charge in [0, 0.05) is 38.4 Å². The van der Waals surface area contributed by atoms with E-state index in [-0.39, 0.29) is 11.5 Å². The number of allylic oxidation sites excluding steroid dienone is 1. The first-order valence-electron chi connectivity index (χ1n) is 8.49. The number of unbranched alkanes of at least 4 members (excludes halogenated alkanes) is 1. The van der Waals surface area contributed by atoms with Crippen LogP contribution in [0.5, 0.6) is 0 Å². The number of amides is 1. The second kappa shape index (κ2) is 14.7. The molecule has 0 aliphatic rings. The fourth-order valence-electron chi connectivity index (χ4n) is 1.74. The van der Waals surface area contributed by atoms with Gasteiger partial charge in [-0.2, -0.15) is 0 Å². The lowest BCUT2D eigenvalue weighted by Gasteiger charge is -2.25. The summed E-state index contributed by atoms with van der Waals surface area (Å²) in [5, 5.41) is 2.92. The largest absolute Gasteiger partial charge is 0.374 e. The second-order valence-electron chi connectivity index (χ2n) is 6.04. The molecule has 0 aromatic carbocycles. The Morgan fingerprint density at radius 2 is 2.20 bits per heavy atom. The van der Waals surface area contributed by atoms with Crippen molar-refractivity contribution in [3.05, 3.63) is 11.8 Å². The molecule has 25 heavy (non-hydrogen) atoms. The molecule has 0 aromatic rings. The van der Waals surface area contributed by atoms with Crippen LogP contribution >= 0.6 is 11.8 Å². The average molecular weight is 366 g/mol. The SMILES string of the molecule is C=N/C=C(/C#CCCCC(=O)NCC(C)(C)OCCC)C=NCSC. The monoisotopic (exact) mass is 365 g/mol. The van der Waals surface area contributed by atoms with Gasteiger partial charge in [0.25, 0.3) is 0 Å². The molecule has 0 saturated heterocycles. The fraction of sp³-hybridized carbons (Fsp3) is 0.632. The number of aliphatic imine (C=N–C) groups is 2. The summed E-state index contributed by atoms with van der Waals surface area (Å²) in [6, 6.07) is 0. The molecule has 6 heteroatoms. The number of carbonyl (C=O) groups excluding carboxylic acids is 1. The molecule has 0 aromatic heterocycles. The van der Waals surface area contributed by atoms with Gasteiger partial charge in [-0.05, 0) is 39.7 Å². The van der Waals surface area contributed by atoms with Crippen LogP contribution in [0.1, 0.15) is 46.5 Å². The van der Waals surface area contributed by atoms with Gasteiger partial charge in [0.1, 0.15) is 0 Å². The van der Waals surface area contributed by atoms with Crippen molar-refractivity contribution < 1.29 is 9.53 Å². The summed E-state index contributed by atoms with van der Waals surface area (Å²) >= 11 is 1.63. The summed E-state index contributed by atoms with van der Waals surface area (Å²) in [6.07, 6.45) is 8.05. The predicted octanol–water partition coefficient (Wildman–Crippen LogP) is 3.46. The molecule has 140 valence electrons. The molecule has 0 heterocycles. The molecule has 0 unspecified atom stereocenters. The van der Waals surface area contributed by atoms with E-state index in [1.165, 1.54) is 0 Å². The quantitative estimate of drug-likeness (QED) is 0.327. The number of nitrogens with one attached hydrogen (secondary N) is 1. The molecule has 0 fully saturated rings. The lowest BCUT2D eigenvalue weighted by Crippen LogP contribution is -2.40. The molecule has 0 spiro atoms. The molecule has 0 atom stereocenters. The smallest absolute Gasteiger partial charge is 0.220 e. The number of rotatable bonds is 12. The molecule has 1 amide bonds. The highest BCUT2D eigenvalue weighted by Crippen LogP contribution is 2.08. The molecular weight excluding hydrogens is 334 g/mol. The Morgan fingerprint density at radius 3 is 2.84 bits per heavy atom. The van der Waals surface area contributed by atoms with Crippen LogP contribution in [0.2, 0.25) is 0 Å². The summed E-state index contributed by atoms with van der Waals surface area (Å²) in [4.78, 5) is 19.8. The Balaban J connectivity index is 4.13. The minimum Gasteiger partial charge on any atom is -0.374 e. The summed E-state index contributed by atoms with van der Waals surface area (Å²) < 4.78 is 5.69. The van der Waals surface area contributed by atoms with E-state index in [4.69, 9.17) is 4.74 Å².